The topological polar surface area (TPSA) is 127 Å². The summed E-state index contributed by atoms with van der Waals surface area (Å²) in [6, 6.07) is 0. The fourth-order valence-corrected chi connectivity index (χ4v) is 2.64. The SMILES string of the molecule is CSCC(OC(=O)/C=C\C(=O)O)C(CSC)OC(=O)/C=C\C(=O)O. The van der Waals surface area contributed by atoms with Crippen LogP contribution >= 0.6 is 23.5 Å². The Balaban J connectivity index is 5.00. The maximum absolute atomic E-state index is 11.6. The lowest BCUT2D eigenvalue weighted by atomic mass is 10.2. The molecule has 2 unspecified atom stereocenters. The normalized spacial score (nSPS) is 13.6. The summed E-state index contributed by atoms with van der Waals surface area (Å²) in [6.07, 6.45) is 4.72. The van der Waals surface area contributed by atoms with E-state index in [4.69, 9.17) is 19.7 Å². The molecule has 8 nitrogen and oxygen atoms in total. The molecule has 0 bridgehead atoms. The van der Waals surface area contributed by atoms with Crippen LogP contribution < -0.4 is 0 Å². The number of esters is 2. The van der Waals surface area contributed by atoms with E-state index in [0.29, 0.717) is 23.7 Å². The van der Waals surface area contributed by atoms with Crippen LogP contribution in [0.25, 0.3) is 0 Å². The van der Waals surface area contributed by atoms with E-state index in [1.54, 1.807) is 12.5 Å². The van der Waals surface area contributed by atoms with Crippen LogP contribution in [0.2, 0.25) is 0 Å². The number of carboxylic acids is 2. The van der Waals surface area contributed by atoms with Crippen LogP contribution in [0.15, 0.2) is 24.3 Å². The maximum atomic E-state index is 11.6. The smallest absolute Gasteiger partial charge is 0.331 e. The minimum atomic E-state index is -1.29. The van der Waals surface area contributed by atoms with Crippen molar-refractivity contribution in [2.45, 2.75) is 12.2 Å². The molecule has 0 saturated carbocycles. The van der Waals surface area contributed by atoms with Gasteiger partial charge in [0.15, 0.2) is 0 Å². The fourth-order valence-electron chi connectivity index (χ4n) is 1.42. The van der Waals surface area contributed by atoms with Gasteiger partial charge >= 0.3 is 23.9 Å². The third-order valence-corrected chi connectivity index (χ3v) is 3.66. The zero-order valence-electron chi connectivity index (χ0n) is 13.0. The standard InChI is InChI=1S/C14H18O8S2/c1-23-7-9(21-13(19)5-3-11(15)16)10(8-24-2)22-14(20)6-4-12(17)18/h3-6,9-10H,7-8H2,1-2H3,(H,15,16)(H,17,18)/b5-3-,6-4-. The molecule has 0 aliphatic rings. The van der Waals surface area contributed by atoms with E-state index < -0.39 is 36.1 Å². The highest BCUT2D eigenvalue weighted by Gasteiger charge is 2.27. The third-order valence-electron chi connectivity index (χ3n) is 2.34. The molecule has 0 aromatic carbocycles. The highest BCUT2D eigenvalue weighted by Crippen LogP contribution is 2.15. The molecule has 24 heavy (non-hydrogen) atoms. The average molecular weight is 378 g/mol. The zero-order chi connectivity index (χ0) is 18.5. The van der Waals surface area contributed by atoms with Gasteiger partial charge in [-0.2, -0.15) is 23.5 Å². The van der Waals surface area contributed by atoms with Crippen molar-refractivity contribution in [2.24, 2.45) is 0 Å². The fraction of sp³-hybridized carbons (Fsp3) is 0.429. The largest absolute Gasteiger partial charge is 0.478 e. The highest BCUT2D eigenvalue weighted by atomic mass is 32.2. The van der Waals surface area contributed by atoms with Gasteiger partial charge in [-0.05, 0) is 12.5 Å². The van der Waals surface area contributed by atoms with Crippen LogP contribution in [0.1, 0.15) is 0 Å². The summed E-state index contributed by atoms with van der Waals surface area (Å²) in [5.41, 5.74) is 0. The van der Waals surface area contributed by atoms with Crippen LogP contribution in [-0.2, 0) is 28.7 Å². The van der Waals surface area contributed by atoms with Crippen molar-refractivity contribution in [3.05, 3.63) is 24.3 Å². The molecule has 2 atom stereocenters. The number of hydrogen-bond acceptors (Lipinski definition) is 8. The maximum Gasteiger partial charge on any atom is 0.331 e. The van der Waals surface area contributed by atoms with Crippen LogP contribution in [0.4, 0.5) is 0 Å². The predicted molar refractivity (Wildman–Crippen MR) is 90.1 cm³/mol. The number of carbonyl (C=O) groups excluding carboxylic acids is 2. The van der Waals surface area contributed by atoms with Crippen LogP contribution in [-0.4, -0.2) is 70.3 Å². The number of hydrogen-bond donors (Lipinski definition) is 2. The molecule has 0 heterocycles. The Labute approximate surface area is 147 Å². The summed E-state index contributed by atoms with van der Waals surface area (Å²) in [6.45, 7) is 0. The van der Waals surface area contributed by atoms with E-state index in [-0.39, 0.29) is 0 Å². The minimum absolute atomic E-state index is 0.313. The quantitative estimate of drug-likeness (QED) is 0.394. The summed E-state index contributed by atoms with van der Waals surface area (Å²) < 4.78 is 10.3. The third kappa shape index (κ3) is 10.7. The van der Waals surface area contributed by atoms with Crippen molar-refractivity contribution in [1.82, 2.24) is 0 Å². The molecular formula is C14H18O8S2. The van der Waals surface area contributed by atoms with E-state index in [1.807, 2.05) is 0 Å². The zero-order valence-corrected chi connectivity index (χ0v) is 14.7. The lowest BCUT2D eigenvalue weighted by Gasteiger charge is -2.25. The first-order chi connectivity index (χ1) is 11.3. The van der Waals surface area contributed by atoms with Crippen LogP contribution in [0.3, 0.4) is 0 Å². The molecule has 0 aromatic heterocycles. The molecule has 134 valence electrons. The number of thioether (sulfide) groups is 2. The van der Waals surface area contributed by atoms with E-state index in [1.165, 1.54) is 23.5 Å². The Kier molecular flexibility index (Phi) is 11.5. The van der Waals surface area contributed by atoms with Gasteiger partial charge in [-0.1, -0.05) is 0 Å². The number of aliphatic carboxylic acids is 2. The van der Waals surface area contributed by atoms with Gasteiger partial charge in [-0.25, -0.2) is 19.2 Å². The number of ether oxygens (including phenoxy) is 2. The van der Waals surface area contributed by atoms with Gasteiger partial charge in [0.2, 0.25) is 0 Å². The molecule has 0 aliphatic carbocycles. The molecule has 0 aromatic rings. The molecular weight excluding hydrogens is 360 g/mol. The van der Waals surface area contributed by atoms with Crippen LogP contribution in [0.5, 0.6) is 0 Å². The Morgan fingerprint density at radius 3 is 1.38 bits per heavy atom. The van der Waals surface area contributed by atoms with Gasteiger partial charge < -0.3 is 19.7 Å². The first kappa shape index (κ1) is 22.1. The van der Waals surface area contributed by atoms with Crippen molar-refractivity contribution in [1.29, 1.82) is 0 Å². The lowest BCUT2D eigenvalue weighted by molar-refractivity contribution is -0.158. The Morgan fingerprint density at radius 2 is 1.12 bits per heavy atom. The molecule has 2 N–H and O–H groups in total. The first-order valence-corrected chi connectivity index (χ1v) is 9.30. The Hall–Kier alpha value is -1.94. The number of rotatable bonds is 11. The van der Waals surface area contributed by atoms with Gasteiger partial charge in [-0.15, -0.1) is 0 Å². The van der Waals surface area contributed by atoms with E-state index >= 15 is 0 Å². The molecule has 0 radical (unpaired) electrons. The molecule has 0 spiro atoms. The molecule has 0 saturated heterocycles. The summed E-state index contributed by atoms with van der Waals surface area (Å²) in [5.74, 6) is -3.71. The summed E-state index contributed by atoms with van der Waals surface area (Å²) in [4.78, 5) is 44.0. The van der Waals surface area contributed by atoms with Gasteiger partial charge in [0.25, 0.3) is 0 Å². The van der Waals surface area contributed by atoms with E-state index in [0.717, 1.165) is 12.2 Å². The van der Waals surface area contributed by atoms with Crippen molar-refractivity contribution in [3.8, 4) is 0 Å². The lowest BCUT2D eigenvalue weighted by Crippen LogP contribution is -2.38. The van der Waals surface area contributed by atoms with Crippen LogP contribution in [0, 0.1) is 0 Å². The monoisotopic (exact) mass is 378 g/mol. The van der Waals surface area contributed by atoms with E-state index in [9.17, 15) is 19.2 Å². The van der Waals surface area contributed by atoms with Crippen molar-refractivity contribution >= 4 is 47.4 Å². The van der Waals surface area contributed by atoms with Gasteiger partial charge in [0.1, 0.15) is 12.2 Å². The second-order valence-electron chi connectivity index (χ2n) is 4.20. The Morgan fingerprint density at radius 1 is 0.792 bits per heavy atom. The number of carboxylic acid groups (broad SMARTS) is 2. The first-order valence-electron chi connectivity index (χ1n) is 6.51. The second kappa shape index (κ2) is 12.5. The second-order valence-corrected chi connectivity index (χ2v) is 6.03. The van der Waals surface area contributed by atoms with Crippen molar-refractivity contribution in [2.75, 3.05) is 24.0 Å². The van der Waals surface area contributed by atoms with E-state index in [2.05, 4.69) is 0 Å². The minimum Gasteiger partial charge on any atom is -0.478 e. The van der Waals surface area contributed by atoms with Crippen molar-refractivity contribution < 1.29 is 38.9 Å². The molecule has 0 aliphatic heterocycles. The highest BCUT2D eigenvalue weighted by molar-refractivity contribution is 7.98. The molecule has 10 heteroatoms. The predicted octanol–water partition coefficient (Wildman–Crippen LogP) is 0.818. The summed E-state index contributed by atoms with van der Waals surface area (Å²) in [5, 5.41) is 17.0. The molecule has 0 fully saturated rings. The molecule has 0 rings (SSSR count). The van der Waals surface area contributed by atoms with Crippen molar-refractivity contribution in [3.63, 3.8) is 0 Å². The van der Waals surface area contributed by atoms with Gasteiger partial charge in [-0.3, -0.25) is 0 Å². The summed E-state index contributed by atoms with van der Waals surface area (Å²) in [7, 11) is 0. The number of carbonyl (C=O) groups is 4. The van der Waals surface area contributed by atoms with Gasteiger partial charge in [0, 0.05) is 35.8 Å². The van der Waals surface area contributed by atoms with Gasteiger partial charge in [0.05, 0.1) is 0 Å². The Bertz CT molecular complexity index is 469. The summed E-state index contributed by atoms with van der Waals surface area (Å²) >= 11 is 2.69. The average Bonchev–Trinajstić information content (AvgIpc) is 2.50. The molecule has 0 amide bonds.